The molecule has 0 aromatic heterocycles. The van der Waals surface area contributed by atoms with Crippen LogP contribution in [0.2, 0.25) is 0 Å². The minimum absolute atomic E-state index is 0.0264. The van der Waals surface area contributed by atoms with Gasteiger partial charge in [-0.25, -0.2) is 4.79 Å². The number of ether oxygens (including phenoxy) is 1. The second-order valence-corrected chi connectivity index (χ2v) is 6.80. The van der Waals surface area contributed by atoms with Crippen LogP contribution in [0.15, 0.2) is 24.3 Å². The average Bonchev–Trinajstić information content (AvgIpc) is 2.60. The van der Waals surface area contributed by atoms with E-state index in [1.807, 2.05) is 6.07 Å². The molecule has 1 fully saturated rings. The first-order valence-corrected chi connectivity index (χ1v) is 9.41. The van der Waals surface area contributed by atoms with Crippen LogP contribution in [0.5, 0.6) is 0 Å². The molecule has 1 aliphatic carbocycles. The molecule has 6 heteroatoms. The van der Waals surface area contributed by atoms with Crippen molar-refractivity contribution in [1.29, 1.82) is 0 Å². The maximum absolute atomic E-state index is 12.2. The Morgan fingerprint density at radius 3 is 2.79 bits per heavy atom. The van der Waals surface area contributed by atoms with Crippen LogP contribution in [0.25, 0.3) is 0 Å². The van der Waals surface area contributed by atoms with E-state index in [4.69, 9.17) is 10.5 Å². The van der Waals surface area contributed by atoms with Gasteiger partial charge in [0.05, 0.1) is 12.2 Å². The summed E-state index contributed by atoms with van der Waals surface area (Å²) in [5.74, 6) is -0.425. The lowest BCUT2D eigenvalue weighted by Crippen LogP contribution is -2.37. The number of hydrogen-bond donors (Lipinski definition) is 1. The largest absolute Gasteiger partial charge is 0.462 e. The third kappa shape index (κ3) is 4.45. The maximum Gasteiger partial charge on any atom is 0.338 e. The molecule has 130 valence electrons. The number of nitrogens with two attached hydrogens (primary N) is 1. The monoisotopic (exact) mass is 349 g/mol. The van der Waals surface area contributed by atoms with Gasteiger partial charge >= 0.3 is 5.97 Å². The first-order chi connectivity index (χ1) is 11.6. The molecule has 2 N–H and O–H groups in total. The number of thioether (sulfide) groups is 1. The summed E-state index contributed by atoms with van der Waals surface area (Å²) in [5.41, 5.74) is 6.86. The normalized spacial score (nSPS) is 20.9. The van der Waals surface area contributed by atoms with Crippen LogP contribution in [-0.2, 0) is 20.9 Å². The van der Waals surface area contributed by atoms with E-state index in [1.54, 1.807) is 24.5 Å². The first kappa shape index (κ1) is 18.7. The number of hydrogen-bond acceptors (Lipinski definition) is 6. The van der Waals surface area contributed by atoms with E-state index in [-0.39, 0.29) is 36.6 Å². The van der Waals surface area contributed by atoms with Gasteiger partial charge in [-0.3, -0.25) is 9.59 Å². The summed E-state index contributed by atoms with van der Waals surface area (Å²) in [6, 6.07) is 7.11. The zero-order valence-corrected chi connectivity index (χ0v) is 14.6. The Labute approximate surface area is 146 Å². The van der Waals surface area contributed by atoms with Crippen molar-refractivity contribution in [2.75, 3.05) is 12.9 Å². The Kier molecular flexibility index (Phi) is 6.99. The topological polar surface area (TPSA) is 86.5 Å². The van der Waals surface area contributed by atoms with Gasteiger partial charge in [-0.1, -0.05) is 18.2 Å². The summed E-state index contributed by atoms with van der Waals surface area (Å²) in [4.78, 5) is 36.0. The van der Waals surface area contributed by atoms with Crippen LogP contribution < -0.4 is 5.73 Å². The minimum atomic E-state index is -0.511. The fraction of sp³-hybridized carbons (Fsp3) is 0.500. The number of ketones is 2. The molecule has 0 radical (unpaired) electrons. The second-order valence-electron chi connectivity index (χ2n) is 5.86. The molecule has 0 aliphatic heterocycles. The lowest BCUT2D eigenvalue weighted by Gasteiger charge is -2.25. The van der Waals surface area contributed by atoms with Crippen LogP contribution in [0.4, 0.5) is 0 Å². The summed E-state index contributed by atoms with van der Waals surface area (Å²) in [6.45, 7) is 0.547. The number of esters is 1. The third-order valence-corrected chi connectivity index (χ3v) is 5.28. The fourth-order valence-electron chi connectivity index (χ4n) is 2.97. The molecule has 2 atom stereocenters. The highest BCUT2D eigenvalue weighted by molar-refractivity contribution is 8.00. The van der Waals surface area contributed by atoms with Crippen molar-refractivity contribution in [2.24, 2.45) is 11.7 Å². The van der Waals surface area contributed by atoms with Gasteiger partial charge in [-0.15, -0.1) is 11.8 Å². The van der Waals surface area contributed by atoms with E-state index < -0.39 is 5.25 Å². The molecule has 24 heavy (non-hydrogen) atoms. The number of benzene rings is 1. The zero-order chi connectivity index (χ0) is 17.5. The molecule has 2 unspecified atom stereocenters. The molecular formula is C18H23NO4S. The first-order valence-electron chi connectivity index (χ1n) is 8.12. The van der Waals surface area contributed by atoms with Crippen LogP contribution >= 0.6 is 11.8 Å². The SMILES string of the molecule is CSC1C(=O)CCC(CCCOC(=O)c2ccccc2CN)C1=O. The van der Waals surface area contributed by atoms with E-state index in [0.717, 1.165) is 5.56 Å². The lowest BCUT2D eigenvalue weighted by molar-refractivity contribution is -0.132. The van der Waals surface area contributed by atoms with Crippen LogP contribution in [0.3, 0.4) is 0 Å². The predicted octanol–water partition coefficient (Wildman–Crippen LogP) is 2.36. The number of Topliss-reactive ketones (excluding diaryl/α,β-unsaturated/α-hetero) is 2. The Bertz CT molecular complexity index is 617. The van der Waals surface area contributed by atoms with Crippen molar-refractivity contribution in [1.82, 2.24) is 0 Å². The highest BCUT2D eigenvalue weighted by atomic mass is 32.2. The van der Waals surface area contributed by atoms with Gasteiger partial charge in [0, 0.05) is 18.9 Å². The number of carbonyl (C=O) groups is 3. The Morgan fingerprint density at radius 1 is 1.33 bits per heavy atom. The maximum atomic E-state index is 12.2. The Morgan fingerprint density at radius 2 is 2.08 bits per heavy atom. The summed E-state index contributed by atoms with van der Waals surface area (Å²) in [5, 5.41) is -0.511. The van der Waals surface area contributed by atoms with Crippen LogP contribution in [0.1, 0.15) is 41.6 Å². The second kappa shape index (κ2) is 8.99. The molecule has 5 nitrogen and oxygen atoms in total. The van der Waals surface area contributed by atoms with Crippen molar-refractivity contribution in [3.05, 3.63) is 35.4 Å². The van der Waals surface area contributed by atoms with E-state index in [0.29, 0.717) is 31.2 Å². The van der Waals surface area contributed by atoms with Crippen molar-refractivity contribution >= 4 is 29.3 Å². The number of carbonyl (C=O) groups excluding carboxylic acids is 3. The zero-order valence-electron chi connectivity index (χ0n) is 13.8. The fourth-order valence-corrected chi connectivity index (χ4v) is 3.77. The quantitative estimate of drug-likeness (QED) is 0.462. The van der Waals surface area contributed by atoms with E-state index in [2.05, 4.69) is 0 Å². The van der Waals surface area contributed by atoms with E-state index in [9.17, 15) is 14.4 Å². The molecule has 2 rings (SSSR count). The van der Waals surface area contributed by atoms with Crippen molar-refractivity contribution in [3.63, 3.8) is 0 Å². The molecule has 0 spiro atoms. The molecule has 0 bridgehead atoms. The highest BCUT2D eigenvalue weighted by Gasteiger charge is 2.35. The summed E-state index contributed by atoms with van der Waals surface area (Å²) >= 11 is 1.31. The number of rotatable bonds is 7. The van der Waals surface area contributed by atoms with Gasteiger partial charge in [0.25, 0.3) is 0 Å². The van der Waals surface area contributed by atoms with Gasteiger partial charge in [0.15, 0.2) is 11.6 Å². The molecular weight excluding hydrogens is 326 g/mol. The lowest BCUT2D eigenvalue weighted by atomic mass is 9.84. The van der Waals surface area contributed by atoms with Gasteiger partial charge in [0.1, 0.15) is 5.25 Å². The molecule has 1 aromatic rings. The molecule has 1 aromatic carbocycles. The molecule has 0 heterocycles. The van der Waals surface area contributed by atoms with Crippen molar-refractivity contribution in [3.8, 4) is 0 Å². The minimum Gasteiger partial charge on any atom is -0.462 e. The van der Waals surface area contributed by atoms with Gasteiger partial charge in [-0.2, -0.15) is 0 Å². The van der Waals surface area contributed by atoms with E-state index in [1.165, 1.54) is 11.8 Å². The molecule has 0 saturated heterocycles. The van der Waals surface area contributed by atoms with Gasteiger partial charge < -0.3 is 10.5 Å². The van der Waals surface area contributed by atoms with Crippen molar-refractivity contribution in [2.45, 2.75) is 37.5 Å². The predicted molar refractivity (Wildman–Crippen MR) is 93.9 cm³/mol. The Balaban J connectivity index is 1.79. The summed E-state index contributed by atoms with van der Waals surface area (Å²) in [6.07, 6.45) is 4.13. The smallest absolute Gasteiger partial charge is 0.338 e. The standard InChI is InChI=1S/C18H23NO4S/c1-24-17-15(20)9-8-12(16(17)21)6-4-10-23-18(22)14-7-3-2-5-13(14)11-19/h2-3,5,7,12,17H,4,6,8-11,19H2,1H3. The van der Waals surface area contributed by atoms with Crippen LogP contribution in [0, 0.1) is 5.92 Å². The summed E-state index contributed by atoms with van der Waals surface area (Å²) in [7, 11) is 0. The molecule has 0 amide bonds. The van der Waals surface area contributed by atoms with Crippen LogP contribution in [-0.4, -0.2) is 35.6 Å². The highest BCUT2D eigenvalue weighted by Crippen LogP contribution is 2.28. The summed E-state index contributed by atoms with van der Waals surface area (Å²) < 4.78 is 5.29. The molecule has 1 aliphatic rings. The van der Waals surface area contributed by atoms with E-state index >= 15 is 0 Å². The van der Waals surface area contributed by atoms with Crippen molar-refractivity contribution < 1.29 is 19.1 Å². The van der Waals surface area contributed by atoms with Gasteiger partial charge in [0.2, 0.25) is 0 Å². The third-order valence-electron chi connectivity index (χ3n) is 4.32. The Hall–Kier alpha value is -1.66. The molecule has 1 saturated carbocycles. The van der Waals surface area contributed by atoms with Gasteiger partial charge in [-0.05, 0) is 37.1 Å². The average molecular weight is 349 g/mol.